The minimum Gasteiger partial charge on any atom is -0.480 e. The Bertz CT molecular complexity index is 493. The van der Waals surface area contributed by atoms with E-state index in [9.17, 15) is 9.59 Å². The van der Waals surface area contributed by atoms with E-state index in [1.165, 1.54) is 38.8 Å². The van der Waals surface area contributed by atoms with Crippen LogP contribution in [0.1, 0.15) is 43.0 Å². The molecule has 2 N–H and O–H groups in total. The molecule has 1 aromatic rings. The summed E-state index contributed by atoms with van der Waals surface area (Å²) in [5, 5.41) is 11.2. The summed E-state index contributed by atoms with van der Waals surface area (Å²) in [6, 6.07) is 2.60. The highest BCUT2D eigenvalue weighted by Crippen LogP contribution is 2.17. The molecule has 6 heteroatoms. The molecular formula is C15H21N3O3. The maximum absolute atomic E-state index is 11.9. The minimum atomic E-state index is -1.06. The van der Waals surface area contributed by atoms with Crippen molar-refractivity contribution in [2.75, 3.05) is 18.0 Å². The summed E-state index contributed by atoms with van der Waals surface area (Å²) in [7, 11) is 0. The molecule has 21 heavy (non-hydrogen) atoms. The summed E-state index contributed by atoms with van der Waals surface area (Å²) in [4.78, 5) is 29.2. The normalized spacial score (nSPS) is 16.9. The van der Waals surface area contributed by atoms with Gasteiger partial charge in [-0.2, -0.15) is 0 Å². The Balaban J connectivity index is 2.00. The van der Waals surface area contributed by atoms with Gasteiger partial charge in [-0.3, -0.25) is 9.59 Å². The lowest BCUT2D eigenvalue weighted by Crippen LogP contribution is -2.38. The lowest BCUT2D eigenvalue weighted by Gasteiger charge is -2.21. The Kier molecular flexibility index (Phi) is 5.14. The van der Waals surface area contributed by atoms with Crippen molar-refractivity contribution in [1.82, 2.24) is 10.3 Å². The number of rotatable bonds is 4. The molecule has 0 saturated carbocycles. The average molecular weight is 291 g/mol. The second-order valence-electron chi connectivity index (χ2n) is 5.34. The van der Waals surface area contributed by atoms with Crippen LogP contribution in [0.15, 0.2) is 18.3 Å². The topological polar surface area (TPSA) is 82.5 Å². The Hall–Kier alpha value is -2.11. The predicted molar refractivity (Wildman–Crippen MR) is 79.5 cm³/mol. The van der Waals surface area contributed by atoms with E-state index in [-0.39, 0.29) is 0 Å². The van der Waals surface area contributed by atoms with E-state index in [1.54, 1.807) is 6.07 Å². The highest BCUT2D eigenvalue weighted by molar-refractivity contribution is 5.96. The maximum atomic E-state index is 11.9. The fourth-order valence-corrected chi connectivity index (χ4v) is 2.35. The summed E-state index contributed by atoms with van der Waals surface area (Å²) in [5.74, 6) is -0.600. The van der Waals surface area contributed by atoms with Gasteiger partial charge in [0.25, 0.3) is 5.91 Å². The second kappa shape index (κ2) is 7.06. The van der Waals surface area contributed by atoms with Gasteiger partial charge in [-0.05, 0) is 31.9 Å². The van der Waals surface area contributed by atoms with Gasteiger partial charge in [0.15, 0.2) is 0 Å². The Labute approximate surface area is 124 Å². The minimum absolute atomic E-state index is 0.377. The Morgan fingerprint density at radius 1 is 1.24 bits per heavy atom. The van der Waals surface area contributed by atoms with E-state index in [0.29, 0.717) is 5.56 Å². The SMILES string of the molecule is CC(NC(=O)c1ccc(N2CCCCCC2)nc1)C(=O)O. The molecular weight excluding hydrogens is 270 g/mol. The number of pyridine rings is 1. The van der Waals surface area contributed by atoms with Crippen molar-refractivity contribution in [3.8, 4) is 0 Å². The van der Waals surface area contributed by atoms with Crippen LogP contribution in [0.25, 0.3) is 0 Å². The molecule has 0 radical (unpaired) electrons. The molecule has 0 aliphatic carbocycles. The van der Waals surface area contributed by atoms with Crippen molar-refractivity contribution in [3.05, 3.63) is 23.9 Å². The fraction of sp³-hybridized carbons (Fsp3) is 0.533. The van der Waals surface area contributed by atoms with Gasteiger partial charge in [-0.15, -0.1) is 0 Å². The molecule has 6 nitrogen and oxygen atoms in total. The number of carboxylic acid groups (broad SMARTS) is 1. The number of carbonyl (C=O) groups excluding carboxylic acids is 1. The van der Waals surface area contributed by atoms with Crippen molar-refractivity contribution < 1.29 is 14.7 Å². The van der Waals surface area contributed by atoms with Crippen molar-refractivity contribution in [3.63, 3.8) is 0 Å². The first-order chi connectivity index (χ1) is 10.1. The molecule has 2 rings (SSSR count). The number of amides is 1. The zero-order chi connectivity index (χ0) is 15.2. The summed E-state index contributed by atoms with van der Waals surface area (Å²) < 4.78 is 0. The van der Waals surface area contributed by atoms with Gasteiger partial charge in [-0.1, -0.05) is 12.8 Å². The average Bonchev–Trinajstić information content (AvgIpc) is 2.76. The van der Waals surface area contributed by atoms with Gasteiger partial charge in [-0.25, -0.2) is 4.98 Å². The monoisotopic (exact) mass is 291 g/mol. The first-order valence-electron chi connectivity index (χ1n) is 7.32. The molecule has 1 aromatic heterocycles. The molecule has 114 valence electrons. The lowest BCUT2D eigenvalue weighted by atomic mass is 10.2. The molecule has 0 bridgehead atoms. The van der Waals surface area contributed by atoms with E-state index < -0.39 is 17.9 Å². The number of carboxylic acids is 1. The van der Waals surface area contributed by atoms with Gasteiger partial charge in [0.05, 0.1) is 5.56 Å². The largest absolute Gasteiger partial charge is 0.480 e. The molecule has 1 aliphatic heterocycles. The van der Waals surface area contributed by atoms with E-state index >= 15 is 0 Å². The van der Waals surface area contributed by atoms with E-state index in [0.717, 1.165) is 18.9 Å². The predicted octanol–water partition coefficient (Wildman–Crippen LogP) is 1.66. The molecule has 1 unspecified atom stereocenters. The van der Waals surface area contributed by atoms with Crippen molar-refractivity contribution >= 4 is 17.7 Å². The van der Waals surface area contributed by atoms with Crippen LogP contribution in [0.4, 0.5) is 5.82 Å². The molecule has 2 heterocycles. The van der Waals surface area contributed by atoms with Gasteiger partial charge < -0.3 is 15.3 Å². The number of anilines is 1. The maximum Gasteiger partial charge on any atom is 0.325 e. The molecule has 1 atom stereocenters. The number of nitrogens with one attached hydrogen (secondary N) is 1. The van der Waals surface area contributed by atoms with Crippen LogP contribution in [-0.2, 0) is 4.79 Å². The smallest absolute Gasteiger partial charge is 0.325 e. The first-order valence-corrected chi connectivity index (χ1v) is 7.32. The van der Waals surface area contributed by atoms with Gasteiger partial charge in [0.1, 0.15) is 11.9 Å². The van der Waals surface area contributed by atoms with Crippen molar-refractivity contribution in [2.24, 2.45) is 0 Å². The fourth-order valence-electron chi connectivity index (χ4n) is 2.35. The second-order valence-corrected chi connectivity index (χ2v) is 5.34. The summed E-state index contributed by atoms with van der Waals surface area (Å²) in [6.45, 7) is 3.42. The molecule has 1 amide bonds. The third kappa shape index (κ3) is 4.18. The summed E-state index contributed by atoms with van der Waals surface area (Å²) in [6.07, 6.45) is 6.35. The van der Waals surface area contributed by atoms with Crippen LogP contribution in [0, 0.1) is 0 Å². The molecule has 1 saturated heterocycles. The highest BCUT2D eigenvalue weighted by Gasteiger charge is 2.16. The molecule has 1 fully saturated rings. The molecule has 0 spiro atoms. The number of aliphatic carboxylic acids is 1. The van der Waals surface area contributed by atoms with Crippen LogP contribution < -0.4 is 10.2 Å². The third-order valence-corrected chi connectivity index (χ3v) is 3.66. The number of hydrogen-bond donors (Lipinski definition) is 2. The molecule has 1 aliphatic rings. The zero-order valence-corrected chi connectivity index (χ0v) is 12.2. The van der Waals surface area contributed by atoms with Gasteiger partial charge in [0, 0.05) is 19.3 Å². The number of hydrogen-bond acceptors (Lipinski definition) is 4. The van der Waals surface area contributed by atoms with Crippen LogP contribution in [0.2, 0.25) is 0 Å². The lowest BCUT2D eigenvalue weighted by molar-refractivity contribution is -0.138. The summed E-state index contributed by atoms with van der Waals surface area (Å²) >= 11 is 0. The van der Waals surface area contributed by atoms with Crippen molar-refractivity contribution in [1.29, 1.82) is 0 Å². The van der Waals surface area contributed by atoms with Crippen LogP contribution in [0.3, 0.4) is 0 Å². The zero-order valence-electron chi connectivity index (χ0n) is 12.2. The van der Waals surface area contributed by atoms with Crippen LogP contribution >= 0.6 is 0 Å². The van der Waals surface area contributed by atoms with Crippen molar-refractivity contribution in [2.45, 2.75) is 38.6 Å². The van der Waals surface area contributed by atoms with Crippen LogP contribution in [-0.4, -0.2) is 41.1 Å². The van der Waals surface area contributed by atoms with Crippen LogP contribution in [0.5, 0.6) is 0 Å². The van der Waals surface area contributed by atoms with E-state index in [4.69, 9.17) is 5.11 Å². The molecule has 0 aromatic carbocycles. The third-order valence-electron chi connectivity index (χ3n) is 3.66. The Morgan fingerprint density at radius 2 is 1.90 bits per heavy atom. The van der Waals surface area contributed by atoms with E-state index in [1.807, 2.05) is 6.07 Å². The standard InChI is InChI=1S/C15H21N3O3/c1-11(15(20)21)17-14(19)12-6-7-13(16-10-12)18-8-4-2-3-5-9-18/h6-7,10-11H,2-5,8-9H2,1H3,(H,17,19)(H,20,21). The highest BCUT2D eigenvalue weighted by atomic mass is 16.4. The number of nitrogens with zero attached hydrogens (tertiary/aromatic N) is 2. The Morgan fingerprint density at radius 3 is 2.43 bits per heavy atom. The first kappa shape index (κ1) is 15.3. The quantitative estimate of drug-likeness (QED) is 0.881. The van der Waals surface area contributed by atoms with Gasteiger partial charge >= 0.3 is 5.97 Å². The van der Waals surface area contributed by atoms with Gasteiger partial charge in [0.2, 0.25) is 0 Å². The number of aromatic nitrogens is 1. The van der Waals surface area contributed by atoms with E-state index in [2.05, 4.69) is 15.2 Å². The number of carbonyl (C=O) groups is 2. The summed E-state index contributed by atoms with van der Waals surface area (Å²) in [5.41, 5.74) is 0.377.